The Kier molecular flexibility index (Phi) is 4.48. The summed E-state index contributed by atoms with van der Waals surface area (Å²) in [7, 11) is 0. The topological polar surface area (TPSA) is 105 Å². The molecule has 2 aromatic heterocycles. The predicted octanol–water partition coefficient (Wildman–Crippen LogP) is 0.915. The number of hydrazine groups is 1. The molecule has 0 unspecified atom stereocenters. The van der Waals surface area contributed by atoms with E-state index in [1.165, 1.54) is 11.3 Å². The van der Waals surface area contributed by atoms with Gasteiger partial charge in [0, 0.05) is 19.5 Å². The Morgan fingerprint density at radius 1 is 1.47 bits per heavy atom. The van der Waals surface area contributed by atoms with E-state index in [0.717, 1.165) is 10.2 Å². The second kappa shape index (κ2) is 6.30. The minimum Gasteiger partial charge on any atom is -0.369 e. The summed E-state index contributed by atoms with van der Waals surface area (Å²) in [4.78, 5) is 20.7. The zero-order valence-electron chi connectivity index (χ0n) is 10.6. The number of nitrogens with zero attached hydrogens (tertiary/aromatic N) is 2. The number of thiophene rings is 1. The molecule has 0 aromatic carbocycles. The van der Waals surface area contributed by atoms with Crippen molar-refractivity contribution in [1.29, 1.82) is 0 Å². The molecular weight excluding hydrogens is 264 g/mol. The van der Waals surface area contributed by atoms with Gasteiger partial charge in [0.25, 0.3) is 0 Å². The largest absolute Gasteiger partial charge is 0.369 e. The highest BCUT2D eigenvalue weighted by molar-refractivity contribution is 7.16. The summed E-state index contributed by atoms with van der Waals surface area (Å²) in [5.74, 6) is 6.39. The quantitative estimate of drug-likeness (QED) is 0.463. The summed E-state index contributed by atoms with van der Waals surface area (Å²) in [6.07, 6.45) is 0.398. The SMILES string of the molecule is CCNC(=O)CCNc1nc(NN)nc2sccc12. The second-order valence-electron chi connectivity index (χ2n) is 3.81. The molecule has 1 amide bonds. The number of nitrogens with one attached hydrogen (secondary N) is 3. The molecule has 0 aliphatic carbocycles. The first-order valence-electron chi connectivity index (χ1n) is 5.97. The number of anilines is 2. The lowest BCUT2D eigenvalue weighted by Gasteiger charge is -2.08. The van der Waals surface area contributed by atoms with Crippen LogP contribution in [0.1, 0.15) is 13.3 Å². The van der Waals surface area contributed by atoms with E-state index in [0.29, 0.717) is 31.3 Å². The molecule has 0 aliphatic rings. The van der Waals surface area contributed by atoms with Crippen LogP contribution in [0.25, 0.3) is 10.2 Å². The highest BCUT2D eigenvalue weighted by Gasteiger charge is 2.08. The molecule has 2 aromatic rings. The average Bonchev–Trinajstić information content (AvgIpc) is 2.87. The Labute approximate surface area is 114 Å². The lowest BCUT2D eigenvalue weighted by Crippen LogP contribution is -2.25. The zero-order valence-corrected chi connectivity index (χ0v) is 11.4. The molecule has 8 heteroatoms. The lowest BCUT2D eigenvalue weighted by molar-refractivity contribution is -0.120. The number of aromatic nitrogens is 2. The van der Waals surface area contributed by atoms with Gasteiger partial charge < -0.3 is 10.6 Å². The van der Waals surface area contributed by atoms with E-state index in [1.54, 1.807) is 0 Å². The van der Waals surface area contributed by atoms with Crippen LogP contribution in [0.3, 0.4) is 0 Å². The van der Waals surface area contributed by atoms with Crippen molar-refractivity contribution in [2.24, 2.45) is 5.84 Å². The smallest absolute Gasteiger partial charge is 0.240 e. The maximum absolute atomic E-state index is 11.4. The first kappa shape index (κ1) is 13.5. The normalized spacial score (nSPS) is 10.4. The molecule has 0 radical (unpaired) electrons. The molecule has 2 rings (SSSR count). The molecule has 0 atom stereocenters. The molecule has 0 aliphatic heterocycles. The minimum atomic E-state index is 0.0165. The molecule has 19 heavy (non-hydrogen) atoms. The number of carbonyl (C=O) groups excluding carboxylic acids is 1. The fourth-order valence-corrected chi connectivity index (χ4v) is 2.40. The Hall–Kier alpha value is -1.93. The number of hydrogen-bond acceptors (Lipinski definition) is 7. The van der Waals surface area contributed by atoms with Crippen molar-refractivity contribution in [2.75, 3.05) is 23.8 Å². The van der Waals surface area contributed by atoms with Gasteiger partial charge >= 0.3 is 0 Å². The third-order valence-electron chi connectivity index (χ3n) is 2.47. The van der Waals surface area contributed by atoms with E-state index >= 15 is 0 Å². The van der Waals surface area contributed by atoms with Crippen LogP contribution in [0.5, 0.6) is 0 Å². The fourth-order valence-electron chi connectivity index (χ4n) is 1.63. The summed E-state index contributed by atoms with van der Waals surface area (Å²) < 4.78 is 0. The summed E-state index contributed by atoms with van der Waals surface area (Å²) in [5.41, 5.74) is 2.43. The third kappa shape index (κ3) is 3.30. The van der Waals surface area contributed by atoms with Crippen LogP contribution < -0.4 is 21.9 Å². The molecule has 0 saturated carbocycles. The van der Waals surface area contributed by atoms with Gasteiger partial charge in [0.2, 0.25) is 11.9 Å². The van der Waals surface area contributed by atoms with Gasteiger partial charge in [-0.25, -0.2) is 10.8 Å². The summed E-state index contributed by atoms with van der Waals surface area (Å²) in [6, 6.07) is 1.94. The van der Waals surface area contributed by atoms with Crippen LogP contribution >= 0.6 is 11.3 Å². The van der Waals surface area contributed by atoms with Crippen LogP contribution in [0.15, 0.2) is 11.4 Å². The first-order chi connectivity index (χ1) is 9.24. The number of hydrogen-bond donors (Lipinski definition) is 4. The van der Waals surface area contributed by atoms with Crippen LogP contribution in [0, 0.1) is 0 Å². The fraction of sp³-hybridized carbons (Fsp3) is 0.364. The van der Waals surface area contributed by atoms with Crippen LogP contribution in [0.2, 0.25) is 0 Å². The minimum absolute atomic E-state index is 0.0165. The van der Waals surface area contributed by atoms with Crippen molar-refractivity contribution in [3.63, 3.8) is 0 Å². The lowest BCUT2D eigenvalue weighted by atomic mass is 10.3. The molecule has 7 nitrogen and oxygen atoms in total. The Morgan fingerprint density at radius 2 is 2.32 bits per heavy atom. The summed E-state index contributed by atoms with van der Waals surface area (Å²) >= 11 is 1.51. The Balaban J connectivity index is 2.07. The zero-order chi connectivity index (χ0) is 13.7. The van der Waals surface area contributed by atoms with Gasteiger partial charge in [-0.2, -0.15) is 4.98 Å². The van der Waals surface area contributed by atoms with Crippen molar-refractivity contribution >= 4 is 39.2 Å². The standard InChI is InChI=1S/C11H16N6OS/c1-2-13-8(18)3-5-14-9-7-4-6-19-10(7)16-11(15-9)17-12/h4,6H,2-3,5,12H2,1H3,(H,13,18)(H2,14,15,16,17). The van der Waals surface area contributed by atoms with E-state index in [4.69, 9.17) is 5.84 Å². The van der Waals surface area contributed by atoms with E-state index in [1.807, 2.05) is 18.4 Å². The first-order valence-corrected chi connectivity index (χ1v) is 6.85. The Bertz CT molecular complexity index is 569. The van der Waals surface area contributed by atoms with Gasteiger partial charge in [0.05, 0.1) is 5.39 Å². The van der Waals surface area contributed by atoms with E-state index in [2.05, 4.69) is 26.0 Å². The molecule has 2 heterocycles. The van der Waals surface area contributed by atoms with Crippen LogP contribution in [0.4, 0.5) is 11.8 Å². The maximum atomic E-state index is 11.4. The number of carbonyl (C=O) groups is 1. The average molecular weight is 280 g/mol. The highest BCUT2D eigenvalue weighted by atomic mass is 32.1. The maximum Gasteiger partial charge on any atom is 0.240 e. The van der Waals surface area contributed by atoms with Crippen LogP contribution in [-0.2, 0) is 4.79 Å². The molecule has 0 spiro atoms. The highest BCUT2D eigenvalue weighted by Crippen LogP contribution is 2.26. The molecular formula is C11H16N6OS. The molecule has 5 N–H and O–H groups in total. The van der Waals surface area contributed by atoms with Crippen molar-refractivity contribution in [1.82, 2.24) is 15.3 Å². The van der Waals surface area contributed by atoms with Crippen molar-refractivity contribution in [3.05, 3.63) is 11.4 Å². The van der Waals surface area contributed by atoms with Crippen molar-refractivity contribution in [2.45, 2.75) is 13.3 Å². The van der Waals surface area contributed by atoms with Crippen LogP contribution in [-0.4, -0.2) is 29.0 Å². The van der Waals surface area contributed by atoms with E-state index in [-0.39, 0.29) is 5.91 Å². The summed E-state index contributed by atoms with van der Waals surface area (Å²) in [6.45, 7) is 3.05. The van der Waals surface area contributed by atoms with Gasteiger partial charge in [0.1, 0.15) is 10.6 Å². The molecule has 0 bridgehead atoms. The Morgan fingerprint density at radius 3 is 3.05 bits per heavy atom. The van der Waals surface area contributed by atoms with Gasteiger partial charge in [0.15, 0.2) is 0 Å². The predicted molar refractivity (Wildman–Crippen MR) is 77.0 cm³/mol. The van der Waals surface area contributed by atoms with Gasteiger partial charge in [-0.1, -0.05) is 0 Å². The monoisotopic (exact) mass is 280 g/mol. The number of rotatable bonds is 6. The van der Waals surface area contributed by atoms with Gasteiger partial charge in [-0.3, -0.25) is 10.2 Å². The number of amides is 1. The summed E-state index contributed by atoms with van der Waals surface area (Å²) in [5, 5.41) is 8.75. The molecule has 102 valence electrons. The van der Waals surface area contributed by atoms with Crippen molar-refractivity contribution in [3.8, 4) is 0 Å². The third-order valence-corrected chi connectivity index (χ3v) is 3.28. The number of fused-ring (bicyclic) bond motifs is 1. The number of nitrogens with two attached hydrogens (primary N) is 1. The van der Waals surface area contributed by atoms with Crippen molar-refractivity contribution < 1.29 is 4.79 Å². The number of nitrogen functional groups attached to an aromatic ring is 1. The van der Waals surface area contributed by atoms with Gasteiger partial charge in [-0.05, 0) is 18.4 Å². The molecule has 0 saturated heterocycles. The molecule has 0 fully saturated rings. The van der Waals surface area contributed by atoms with E-state index in [9.17, 15) is 4.79 Å². The second-order valence-corrected chi connectivity index (χ2v) is 4.70. The van der Waals surface area contributed by atoms with E-state index < -0.39 is 0 Å². The van der Waals surface area contributed by atoms with Gasteiger partial charge in [-0.15, -0.1) is 11.3 Å².